The Hall–Kier alpha value is -3.10. The molecule has 0 bridgehead atoms. The zero-order valence-electron chi connectivity index (χ0n) is 18.1. The fraction of sp³-hybridized carbons (Fsp3) is 0.375. The Labute approximate surface area is 197 Å². The molecule has 2 aliphatic rings. The van der Waals surface area contributed by atoms with Gasteiger partial charge in [0.25, 0.3) is 5.91 Å². The smallest absolute Gasteiger partial charge is 0.260 e. The average Bonchev–Trinajstić information content (AvgIpc) is 2.91. The summed E-state index contributed by atoms with van der Waals surface area (Å²) >= 11 is 6.35. The number of amides is 3. The third kappa shape index (κ3) is 5.29. The van der Waals surface area contributed by atoms with Crippen molar-refractivity contribution < 1.29 is 24.2 Å². The van der Waals surface area contributed by atoms with Crippen LogP contribution in [0.3, 0.4) is 0 Å². The van der Waals surface area contributed by atoms with Crippen molar-refractivity contribution in [2.24, 2.45) is 0 Å². The van der Waals surface area contributed by atoms with E-state index in [-0.39, 0.29) is 61.3 Å². The Bertz CT molecular complexity index is 1060. The van der Waals surface area contributed by atoms with Gasteiger partial charge in [0.1, 0.15) is 18.9 Å². The van der Waals surface area contributed by atoms with Crippen LogP contribution in [-0.2, 0) is 16.1 Å². The number of rotatable bonds is 7. The Morgan fingerprint density at radius 2 is 1.94 bits per heavy atom. The quantitative estimate of drug-likeness (QED) is 0.646. The van der Waals surface area contributed by atoms with E-state index < -0.39 is 5.91 Å². The SMILES string of the molecule is O=C(CN1Cc2ccccc2N(C(=O)c2ccc(OCCO)cc2Cl)CC1=O)NC1CCC1. The highest BCUT2D eigenvalue weighted by Crippen LogP contribution is 2.30. The van der Waals surface area contributed by atoms with Gasteiger partial charge in [-0.1, -0.05) is 29.8 Å². The zero-order chi connectivity index (χ0) is 23.4. The van der Waals surface area contributed by atoms with Gasteiger partial charge in [-0.3, -0.25) is 19.3 Å². The maximum atomic E-state index is 13.4. The van der Waals surface area contributed by atoms with Crippen molar-refractivity contribution in [2.75, 3.05) is 31.2 Å². The second-order valence-corrected chi connectivity index (χ2v) is 8.59. The molecule has 1 saturated carbocycles. The van der Waals surface area contributed by atoms with E-state index in [9.17, 15) is 14.4 Å². The van der Waals surface area contributed by atoms with Gasteiger partial charge < -0.3 is 20.1 Å². The molecule has 1 aliphatic heterocycles. The summed E-state index contributed by atoms with van der Waals surface area (Å²) in [7, 11) is 0. The number of aliphatic hydroxyl groups excluding tert-OH is 1. The van der Waals surface area contributed by atoms with Crippen LogP contribution in [-0.4, -0.2) is 60.1 Å². The average molecular weight is 472 g/mol. The van der Waals surface area contributed by atoms with Crippen molar-refractivity contribution >= 4 is 35.0 Å². The number of aliphatic hydroxyl groups is 1. The van der Waals surface area contributed by atoms with Crippen LogP contribution in [0.1, 0.15) is 35.2 Å². The van der Waals surface area contributed by atoms with Crippen LogP contribution in [0.25, 0.3) is 0 Å². The number of hydrogen-bond donors (Lipinski definition) is 2. The van der Waals surface area contributed by atoms with Crippen molar-refractivity contribution in [1.29, 1.82) is 0 Å². The zero-order valence-corrected chi connectivity index (χ0v) is 18.9. The minimum Gasteiger partial charge on any atom is -0.491 e. The molecule has 0 aromatic heterocycles. The maximum absolute atomic E-state index is 13.4. The lowest BCUT2D eigenvalue weighted by Gasteiger charge is -2.28. The van der Waals surface area contributed by atoms with Gasteiger partial charge in [0.15, 0.2) is 0 Å². The van der Waals surface area contributed by atoms with Gasteiger partial charge in [-0.05, 0) is 49.1 Å². The van der Waals surface area contributed by atoms with Crippen molar-refractivity contribution in [1.82, 2.24) is 10.2 Å². The van der Waals surface area contributed by atoms with E-state index in [4.69, 9.17) is 21.4 Å². The first-order chi connectivity index (χ1) is 16.0. The molecular formula is C24H26ClN3O5. The van der Waals surface area contributed by atoms with Crippen molar-refractivity contribution in [3.63, 3.8) is 0 Å². The molecule has 1 fully saturated rings. The van der Waals surface area contributed by atoms with Gasteiger partial charge in [0, 0.05) is 18.3 Å². The number of benzene rings is 2. The first-order valence-corrected chi connectivity index (χ1v) is 11.3. The number of carbonyl (C=O) groups excluding carboxylic acids is 3. The van der Waals surface area contributed by atoms with Crippen molar-refractivity contribution in [2.45, 2.75) is 31.8 Å². The standard InChI is InChI=1S/C24H26ClN3O5/c25-20-12-18(33-11-10-29)8-9-19(20)24(32)28-15-23(31)27(13-16-4-1-2-7-21(16)28)14-22(30)26-17-5-3-6-17/h1-2,4,7-9,12,17,29H,3,5-6,10-11,13-15H2,(H,26,30). The van der Waals surface area contributed by atoms with Crippen LogP contribution < -0.4 is 15.0 Å². The minimum atomic E-state index is -0.421. The van der Waals surface area contributed by atoms with E-state index in [0.717, 1.165) is 24.8 Å². The Morgan fingerprint density at radius 3 is 2.64 bits per heavy atom. The van der Waals surface area contributed by atoms with E-state index >= 15 is 0 Å². The molecule has 0 saturated heterocycles. The topological polar surface area (TPSA) is 99.2 Å². The molecule has 9 heteroatoms. The highest BCUT2D eigenvalue weighted by molar-refractivity contribution is 6.34. The molecule has 4 rings (SSSR count). The number of fused-ring (bicyclic) bond motifs is 1. The highest BCUT2D eigenvalue weighted by Gasteiger charge is 2.32. The van der Waals surface area contributed by atoms with Gasteiger partial charge in [0.05, 0.1) is 23.7 Å². The second kappa shape index (κ2) is 10.2. The van der Waals surface area contributed by atoms with Crippen LogP contribution in [0.15, 0.2) is 42.5 Å². The molecule has 1 aliphatic carbocycles. The molecule has 0 radical (unpaired) electrons. The van der Waals surface area contributed by atoms with E-state index in [2.05, 4.69) is 5.32 Å². The largest absolute Gasteiger partial charge is 0.491 e. The van der Waals surface area contributed by atoms with Crippen molar-refractivity contribution in [3.8, 4) is 5.75 Å². The Kier molecular flexibility index (Phi) is 7.15. The van der Waals surface area contributed by atoms with E-state index in [1.807, 2.05) is 12.1 Å². The van der Waals surface area contributed by atoms with Gasteiger partial charge in [-0.2, -0.15) is 0 Å². The van der Waals surface area contributed by atoms with Gasteiger partial charge in [-0.25, -0.2) is 0 Å². The molecule has 8 nitrogen and oxygen atoms in total. The summed E-state index contributed by atoms with van der Waals surface area (Å²) in [6.45, 7) is -0.0462. The number of halogens is 1. The molecule has 0 spiro atoms. The molecule has 1 heterocycles. The number of anilines is 1. The maximum Gasteiger partial charge on any atom is 0.260 e. The third-order valence-electron chi connectivity index (χ3n) is 5.87. The lowest BCUT2D eigenvalue weighted by Crippen LogP contribution is -2.47. The van der Waals surface area contributed by atoms with E-state index in [0.29, 0.717) is 11.4 Å². The number of ether oxygens (including phenoxy) is 1. The monoisotopic (exact) mass is 471 g/mol. The second-order valence-electron chi connectivity index (χ2n) is 8.18. The number of nitrogens with zero attached hydrogens (tertiary/aromatic N) is 2. The van der Waals surface area contributed by atoms with Gasteiger partial charge in [-0.15, -0.1) is 0 Å². The summed E-state index contributed by atoms with van der Waals surface area (Å²) in [5.74, 6) is -0.494. The van der Waals surface area contributed by atoms with E-state index in [1.165, 1.54) is 15.9 Å². The Balaban J connectivity index is 1.56. The normalized spacial score (nSPS) is 16.0. The number of para-hydroxylation sites is 1. The molecule has 33 heavy (non-hydrogen) atoms. The molecule has 3 amide bonds. The summed E-state index contributed by atoms with van der Waals surface area (Å²) in [6.07, 6.45) is 3.04. The van der Waals surface area contributed by atoms with Gasteiger partial charge in [0.2, 0.25) is 11.8 Å². The van der Waals surface area contributed by atoms with Crippen LogP contribution in [0.5, 0.6) is 5.75 Å². The summed E-state index contributed by atoms with van der Waals surface area (Å²) < 4.78 is 5.34. The van der Waals surface area contributed by atoms with Crippen LogP contribution in [0.2, 0.25) is 5.02 Å². The summed E-state index contributed by atoms with van der Waals surface area (Å²) in [5.41, 5.74) is 1.60. The molecule has 2 N–H and O–H groups in total. The van der Waals surface area contributed by atoms with Crippen LogP contribution in [0, 0.1) is 0 Å². The third-order valence-corrected chi connectivity index (χ3v) is 6.18. The molecule has 0 unspecified atom stereocenters. The molecule has 2 aromatic carbocycles. The predicted octanol–water partition coefficient (Wildman–Crippen LogP) is 2.37. The van der Waals surface area contributed by atoms with Crippen LogP contribution in [0.4, 0.5) is 5.69 Å². The Morgan fingerprint density at radius 1 is 1.15 bits per heavy atom. The molecular weight excluding hydrogens is 446 g/mol. The molecule has 0 atom stereocenters. The van der Waals surface area contributed by atoms with Crippen molar-refractivity contribution in [3.05, 3.63) is 58.6 Å². The van der Waals surface area contributed by atoms with Crippen LogP contribution >= 0.6 is 11.6 Å². The summed E-state index contributed by atoms with van der Waals surface area (Å²) in [5, 5.41) is 12.0. The molecule has 174 valence electrons. The number of hydrogen-bond acceptors (Lipinski definition) is 5. The van der Waals surface area contributed by atoms with E-state index in [1.54, 1.807) is 24.3 Å². The summed E-state index contributed by atoms with van der Waals surface area (Å²) in [6, 6.07) is 12.1. The first-order valence-electron chi connectivity index (χ1n) is 11.0. The molecule has 2 aromatic rings. The first kappa shape index (κ1) is 23.1. The lowest BCUT2D eigenvalue weighted by atomic mass is 9.93. The summed E-state index contributed by atoms with van der Waals surface area (Å²) in [4.78, 5) is 41.8. The lowest BCUT2D eigenvalue weighted by molar-refractivity contribution is -0.135. The number of nitrogens with one attached hydrogen (secondary N) is 1. The fourth-order valence-electron chi connectivity index (χ4n) is 3.91. The highest BCUT2D eigenvalue weighted by atomic mass is 35.5. The fourth-order valence-corrected chi connectivity index (χ4v) is 4.17. The predicted molar refractivity (Wildman–Crippen MR) is 123 cm³/mol. The van der Waals surface area contributed by atoms with Gasteiger partial charge >= 0.3 is 0 Å². The number of carbonyl (C=O) groups is 3. The minimum absolute atomic E-state index is 0.0522.